The summed E-state index contributed by atoms with van der Waals surface area (Å²) in [6.45, 7) is 4.90. The number of aliphatic imine (C=N–C) groups is 1. The van der Waals surface area contributed by atoms with E-state index in [1.165, 1.54) is 5.69 Å². The van der Waals surface area contributed by atoms with Crippen LogP contribution in [0.3, 0.4) is 0 Å². The fourth-order valence-electron chi connectivity index (χ4n) is 4.12. The molecule has 34 heavy (non-hydrogen) atoms. The minimum absolute atomic E-state index is 0.386. The summed E-state index contributed by atoms with van der Waals surface area (Å²) in [5, 5.41) is 5.60. The molecule has 8 heteroatoms. The highest BCUT2D eigenvalue weighted by molar-refractivity contribution is 5.99. The molecular formula is C26H29N7O. The second-order valence-electron chi connectivity index (χ2n) is 8.61. The van der Waals surface area contributed by atoms with Crippen LogP contribution in [0.25, 0.3) is 10.9 Å². The van der Waals surface area contributed by atoms with E-state index in [4.69, 9.17) is 10.5 Å². The molecule has 5 rings (SSSR count). The topological polar surface area (TPSA) is 84.8 Å². The number of likely N-dealkylation sites (N-methyl/N-ethyl adjacent to an activating group) is 1. The molecule has 0 saturated carbocycles. The van der Waals surface area contributed by atoms with Crippen molar-refractivity contribution in [2.75, 3.05) is 45.2 Å². The molecular weight excluding hydrogens is 426 g/mol. The SMILES string of the molecule is COc1ccc(Cn2cc3cc(C(N)=Nc4ccc(N5CCN(C)CC5)cc4)ncc3n2)cc1. The Hall–Kier alpha value is -3.91. The number of rotatable bonds is 6. The maximum Gasteiger partial charge on any atom is 0.150 e. The number of piperazine rings is 1. The number of pyridine rings is 1. The standard InChI is InChI=1S/C26H29N7O/c1-31-11-13-32(14-12-31)22-7-5-21(6-8-22)29-26(27)24-15-20-18-33(30-25(20)16-28-24)17-19-3-9-23(34-2)10-4-19/h3-10,15-16,18H,11-14,17H2,1-2H3,(H2,27,29). The van der Waals surface area contributed by atoms with E-state index < -0.39 is 0 Å². The number of aromatic nitrogens is 3. The van der Waals surface area contributed by atoms with Crippen LogP contribution in [-0.2, 0) is 6.54 Å². The minimum atomic E-state index is 0.386. The molecule has 2 N–H and O–H groups in total. The zero-order chi connectivity index (χ0) is 23.5. The number of anilines is 1. The van der Waals surface area contributed by atoms with Crippen molar-refractivity contribution in [3.8, 4) is 5.75 Å². The van der Waals surface area contributed by atoms with Crippen LogP contribution >= 0.6 is 0 Å². The normalized spacial score (nSPS) is 15.1. The Morgan fingerprint density at radius 2 is 1.76 bits per heavy atom. The highest BCUT2D eigenvalue weighted by atomic mass is 16.5. The predicted octanol–water partition coefficient (Wildman–Crippen LogP) is 3.28. The molecule has 0 atom stereocenters. The molecule has 2 aromatic carbocycles. The Kier molecular flexibility index (Phi) is 6.14. The fraction of sp³-hybridized carbons (Fsp3) is 0.269. The fourth-order valence-corrected chi connectivity index (χ4v) is 4.12. The van der Waals surface area contributed by atoms with Gasteiger partial charge in [-0.25, -0.2) is 4.99 Å². The molecule has 0 amide bonds. The molecule has 4 aromatic rings. The van der Waals surface area contributed by atoms with Gasteiger partial charge >= 0.3 is 0 Å². The van der Waals surface area contributed by atoms with Crippen molar-refractivity contribution in [1.82, 2.24) is 19.7 Å². The third-order valence-corrected chi connectivity index (χ3v) is 6.17. The van der Waals surface area contributed by atoms with Crippen molar-refractivity contribution in [2.45, 2.75) is 6.54 Å². The van der Waals surface area contributed by atoms with Crippen LogP contribution < -0.4 is 15.4 Å². The molecule has 0 spiro atoms. The van der Waals surface area contributed by atoms with E-state index in [1.807, 2.05) is 53.3 Å². The summed E-state index contributed by atoms with van der Waals surface area (Å²) >= 11 is 0. The van der Waals surface area contributed by atoms with Gasteiger partial charge in [-0.1, -0.05) is 12.1 Å². The number of nitrogens with two attached hydrogens (primary N) is 1. The Morgan fingerprint density at radius 1 is 1.03 bits per heavy atom. The van der Waals surface area contributed by atoms with Crippen LogP contribution in [0.1, 0.15) is 11.3 Å². The van der Waals surface area contributed by atoms with Crippen molar-refractivity contribution < 1.29 is 4.74 Å². The maximum atomic E-state index is 6.30. The quantitative estimate of drug-likeness (QED) is 0.355. The van der Waals surface area contributed by atoms with E-state index in [0.29, 0.717) is 18.1 Å². The first-order valence-corrected chi connectivity index (χ1v) is 11.4. The van der Waals surface area contributed by atoms with Crippen molar-refractivity contribution in [1.29, 1.82) is 0 Å². The summed E-state index contributed by atoms with van der Waals surface area (Å²) in [5.74, 6) is 1.23. The Labute approximate surface area is 199 Å². The van der Waals surface area contributed by atoms with Crippen LogP contribution in [0, 0.1) is 0 Å². The molecule has 0 unspecified atom stereocenters. The number of hydrogen-bond donors (Lipinski definition) is 1. The van der Waals surface area contributed by atoms with Gasteiger partial charge in [0.2, 0.25) is 0 Å². The summed E-state index contributed by atoms with van der Waals surface area (Å²) in [5.41, 5.74) is 10.9. The lowest BCUT2D eigenvalue weighted by atomic mass is 10.2. The number of benzene rings is 2. The van der Waals surface area contributed by atoms with Crippen LogP contribution in [0.2, 0.25) is 0 Å². The van der Waals surface area contributed by atoms with Crippen molar-refractivity contribution in [3.63, 3.8) is 0 Å². The average Bonchev–Trinajstić information content (AvgIpc) is 3.27. The van der Waals surface area contributed by atoms with E-state index in [9.17, 15) is 0 Å². The smallest absolute Gasteiger partial charge is 0.150 e. The lowest BCUT2D eigenvalue weighted by molar-refractivity contribution is 0.313. The molecule has 1 fully saturated rings. The number of nitrogens with zero attached hydrogens (tertiary/aromatic N) is 6. The monoisotopic (exact) mass is 455 g/mol. The molecule has 2 aromatic heterocycles. The average molecular weight is 456 g/mol. The van der Waals surface area contributed by atoms with Gasteiger partial charge in [0.1, 0.15) is 22.8 Å². The van der Waals surface area contributed by atoms with Gasteiger partial charge in [-0.2, -0.15) is 5.10 Å². The van der Waals surface area contributed by atoms with Crippen molar-refractivity contribution >= 4 is 28.1 Å². The molecule has 1 aliphatic rings. The molecule has 1 aliphatic heterocycles. The third-order valence-electron chi connectivity index (χ3n) is 6.17. The van der Waals surface area contributed by atoms with Gasteiger partial charge in [0, 0.05) is 43.4 Å². The molecule has 1 saturated heterocycles. The van der Waals surface area contributed by atoms with Crippen LogP contribution in [-0.4, -0.2) is 65.8 Å². The molecule has 0 radical (unpaired) electrons. The minimum Gasteiger partial charge on any atom is -0.497 e. The Morgan fingerprint density at radius 3 is 2.47 bits per heavy atom. The first kappa shape index (κ1) is 21.9. The van der Waals surface area contributed by atoms with Crippen LogP contribution in [0.15, 0.2) is 72.0 Å². The number of amidine groups is 1. The highest BCUT2D eigenvalue weighted by Crippen LogP contribution is 2.22. The maximum absolute atomic E-state index is 6.30. The summed E-state index contributed by atoms with van der Waals surface area (Å²) in [4.78, 5) is 13.8. The lowest BCUT2D eigenvalue weighted by Crippen LogP contribution is -2.44. The second kappa shape index (κ2) is 9.52. The van der Waals surface area contributed by atoms with Gasteiger partial charge in [-0.3, -0.25) is 9.67 Å². The number of fused-ring (bicyclic) bond motifs is 1. The van der Waals surface area contributed by atoms with Gasteiger partial charge in [-0.15, -0.1) is 0 Å². The molecule has 3 heterocycles. The van der Waals surface area contributed by atoms with Gasteiger partial charge < -0.3 is 20.3 Å². The Bertz CT molecular complexity index is 1290. The highest BCUT2D eigenvalue weighted by Gasteiger charge is 2.14. The van der Waals surface area contributed by atoms with E-state index in [0.717, 1.165) is 54.1 Å². The summed E-state index contributed by atoms with van der Waals surface area (Å²) in [7, 11) is 3.83. The van der Waals surface area contributed by atoms with E-state index in [1.54, 1.807) is 13.3 Å². The summed E-state index contributed by atoms with van der Waals surface area (Å²) < 4.78 is 7.13. The van der Waals surface area contributed by atoms with Gasteiger partial charge in [0.25, 0.3) is 0 Å². The number of hydrogen-bond acceptors (Lipinski definition) is 6. The lowest BCUT2D eigenvalue weighted by Gasteiger charge is -2.34. The van der Waals surface area contributed by atoms with Crippen LogP contribution in [0.5, 0.6) is 5.75 Å². The number of ether oxygens (including phenoxy) is 1. The Balaban J connectivity index is 1.30. The van der Waals surface area contributed by atoms with Crippen molar-refractivity contribution in [2.24, 2.45) is 10.7 Å². The van der Waals surface area contributed by atoms with Crippen molar-refractivity contribution in [3.05, 3.63) is 78.2 Å². The first-order valence-electron chi connectivity index (χ1n) is 11.4. The van der Waals surface area contributed by atoms with Gasteiger partial charge in [-0.05, 0) is 55.1 Å². The molecule has 8 nitrogen and oxygen atoms in total. The van der Waals surface area contributed by atoms with Crippen LogP contribution in [0.4, 0.5) is 11.4 Å². The van der Waals surface area contributed by atoms with Gasteiger partial charge in [0.15, 0.2) is 0 Å². The van der Waals surface area contributed by atoms with E-state index in [2.05, 4.69) is 44.1 Å². The second-order valence-corrected chi connectivity index (χ2v) is 8.61. The summed E-state index contributed by atoms with van der Waals surface area (Å²) in [6.07, 6.45) is 3.75. The van der Waals surface area contributed by atoms with E-state index in [-0.39, 0.29) is 0 Å². The number of methoxy groups -OCH3 is 1. The zero-order valence-corrected chi connectivity index (χ0v) is 19.6. The molecule has 0 aliphatic carbocycles. The summed E-state index contributed by atoms with van der Waals surface area (Å²) in [6, 6.07) is 18.1. The molecule has 0 bridgehead atoms. The molecule has 174 valence electrons. The largest absolute Gasteiger partial charge is 0.497 e. The van der Waals surface area contributed by atoms with Gasteiger partial charge in [0.05, 0.1) is 25.5 Å². The third kappa shape index (κ3) is 4.87. The zero-order valence-electron chi connectivity index (χ0n) is 19.6. The predicted molar refractivity (Wildman–Crippen MR) is 136 cm³/mol. The van der Waals surface area contributed by atoms with E-state index >= 15 is 0 Å². The first-order chi connectivity index (χ1) is 16.6.